The van der Waals surface area contributed by atoms with Crippen molar-refractivity contribution in [2.24, 2.45) is 11.1 Å². The summed E-state index contributed by atoms with van der Waals surface area (Å²) in [6, 6.07) is 7.10. The highest BCUT2D eigenvalue weighted by atomic mass is 16.2. The van der Waals surface area contributed by atoms with Gasteiger partial charge in [-0.15, -0.1) is 0 Å². The topological polar surface area (TPSA) is 84.2 Å². The van der Waals surface area contributed by atoms with Crippen LogP contribution in [0.2, 0.25) is 0 Å². The third-order valence-electron chi connectivity index (χ3n) is 3.02. The standard InChI is InChI=1S/C14H21N3O2/c1-14(2,9-15)13(19)17-8-10-4-6-11(7-5-10)12(18)16-3/h4-7H,8-9,15H2,1-3H3,(H,16,18)(H,17,19). The molecule has 0 fully saturated rings. The Morgan fingerprint density at radius 1 is 1.21 bits per heavy atom. The zero-order valence-corrected chi connectivity index (χ0v) is 11.6. The van der Waals surface area contributed by atoms with E-state index in [1.165, 1.54) is 0 Å². The summed E-state index contributed by atoms with van der Waals surface area (Å²) in [4.78, 5) is 23.2. The number of benzene rings is 1. The fraction of sp³-hybridized carbons (Fsp3) is 0.429. The number of hydrogen-bond donors (Lipinski definition) is 3. The van der Waals surface area contributed by atoms with E-state index in [0.29, 0.717) is 18.7 Å². The predicted molar refractivity (Wildman–Crippen MR) is 74.5 cm³/mol. The van der Waals surface area contributed by atoms with Gasteiger partial charge in [-0.05, 0) is 31.5 Å². The first-order valence-corrected chi connectivity index (χ1v) is 6.20. The molecule has 0 spiro atoms. The Kier molecular flexibility index (Phi) is 5.06. The molecule has 2 amide bonds. The van der Waals surface area contributed by atoms with Crippen molar-refractivity contribution in [3.8, 4) is 0 Å². The molecule has 0 saturated carbocycles. The summed E-state index contributed by atoms with van der Waals surface area (Å²) < 4.78 is 0. The van der Waals surface area contributed by atoms with E-state index in [1.54, 1.807) is 33.0 Å². The van der Waals surface area contributed by atoms with Gasteiger partial charge in [-0.3, -0.25) is 9.59 Å². The van der Waals surface area contributed by atoms with Crippen LogP contribution in [-0.2, 0) is 11.3 Å². The Balaban J connectivity index is 2.60. The van der Waals surface area contributed by atoms with Crippen molar-refractivity contribution in [1.29, 1.82) is 0 Å². The van der Waals surface area contributed by atoms with Crippen molar-refractivity contribution < 1.29 is 9.59 Å². The minimum absolute atomic E-state index is 0.0784. The Bertz CT molecular complexity index is 452. The molecule has 4 N–H and O–H groups in total. The predicted octanol–water partition coefficient (Wildman–Crippen LogP) is 0.647. The summed E-state index contributed by atoms with van der Waals surface area (Å²) in [7, 11) is 1.59. The first-order chi connectivity index (χ1) is 8.90. The van der Waals surface area contributed by atoms with E-state index in [2.05, 4.69) is 10.6 Å². The highest BCUT2D eigenvalue weighted by Gasteiger charge is 2.25. The molecule has 5 heteroatoms. The van der Waals surface area contributed by atoms with Crippen molar-refractivity contribution >= 4 is 11.8 Å². The number of amides is 2. The van der Waals surface area contributed by atoms with Gasteiger partial charge in [0.25, 0.3) is 5.91 Å². The monoisotopic (exact) mass is 263 g/mol. The lowest BCUT2D eigenvalue weighted by Gasteiger charge is -2.21. The number of carbonyl (C=O) groups excluding carboxylic acids is 2. The minimum atomic E-state index is -0.567. The zero-order chi connectivity index (χ0) is 14.5. The second kappa shape index (κ2) is 6.33. The van der Waals surface area contributed by atoms with Crippen LogP contribution < -0.4 is 16.4 Å². The van der Waals surface area contributed by atoms with Crippen LogP contribution in [0, 0.1) is 5.41 Å². The van der Waals surface area contributed by atoms with Crippen LogP contribution in [-0.4, -0.2) is 25.4 Å². The summed E-state index contributed by atoms with van der Waals surface area (Å²) in [5.74, 6) is -0.203. The lowest BCUT2D eigenvalue weighted by atomic mass is 9.92. The zero-order valence-electron chi connectivity index (χ0n) is 11.6. The largest absolute Gasteiger partial charge is 0.355 e. The summed E-state index contributed by atoms with van der Waals surface area (Å²) >= 11 is 0. The maximum absolute atomic E-state index is 11.8. The Labute approximate surface area is 113 Å². The average Bonchev–Trinajstić information content (AvgIpc) is 2.44. The number of carbonyl (C=O) groups is 2. The average molecular weight is 263 g/mol. The van der Waals surface area contributed by atoms with Crippen molar-refractivity contribution in [3.05, 3.63) is 35.4 Å². The molecular weight excluding hydrogens is 242 g/mol. The van der Waals surface area contributed by atoms with Gasteiger partial charge >= 0.3 is 0 Å². The number of nitrogens with two attached hydrogens (primary N) is 1. The lowest BCUT2D eigenvalue weighted by Crippen LogP contribution is -2.41. The summed E-state index contributed by atoms with van der Waals surface area (Å²) in [6.07, 6.45) is 0. The maximum atomic E-state index is 11.8. The summed E-state index contributed by atoms with van der Waals surface area (Å²) in [6.45, 7) is 4.33. The molecule has 0 aromatic heterocycles. The third kappa shape index (κ3) is 4.06. The molecule has 104 valence electrons. The van der Waals surface area contributed by atoms with E-state index in [0.717, 1.165) is 5.56 Å². The van der Waals surface area contributed by atoms with Gasteiger partial charge < -0.3 is 16.4 Å². The van der Waals surface area contributed by atoms with Gasteiger partial charge in [0.05, 0.1) is 5.41 Å². The highest BCUT2D eigenvalue weighted by molar-refractivity contribution is 5.93. The molecule has 1 aromatic rings. The molecule has 0 saturated heterocycles. The second-order valence-electron chi connectivity index (χ2n) is 5.05. The van der Waals surface area contributed by atoms with Crippen LogP contribution in [0.4, 0.5) is 0 Å². The first kappa shape index (κ1) is 15.2. The van der Waals surface area contributed by atoms with Crippen molar-refractivity contribution in [2.75, 3.05) is 13.6 Å². The van der Waals surface area contributed by atoms with Gasteiger partial charge in [0.15, 0.2) is 0 Å². The molecular formula is C14H21N3O2. The van der Waals surface area contributed by atoms with E-state index in [9.17, 15) is 9.59 Å². The second-order valence-corrected chi connectivity index (χ2v) is 5.05. The van der Waals surface area contributed by atoms with Crippen LogP contribution in [0.1, 0.15) is 29.8 Å². The van der Waals surface area contributed by atoms with Crippen molar-refractivity contribution in [3.63, 3.8) is 0 Å². The lowest BCUT2D eigenvalue weighted by molar-refractivity contribution is -0.129. The summed E-state index contributed by atoms with van der Waals surface area (Å²) in [5, 5.41) is 5.39. The molecule has 1 aromatic carbocycles. The molecule has 0 unspecified atom stereocenters. The Morgan fingerprint density at radius 3 is 2.26 bits per heavy atom. The third-order valence-corrected chi connectivity index (χ3v) is 3.02. The van der Waals surface area contributed by atoms with E-state index in [1.807, 2.05) is 12.1 Å². The minimum Gasteiger partial charge on any atom is -0.355 e. The molecule has 0 atom stereocenters. The quantitative estimate of drug-likeness (QED) is 0.729. The van der Waals surface area contributed by atoms with Crippen LogP contribution in [0.15, 0.2) is 24.3 Å². The normalized spacial score (nSPS) is 10.9. The molecule has 0 bridgehead atoms. The number of hydrogen-bond acceptors (Lipinski definition) is 3. The Hall–Kier alpha value is -1.88. The Morgan fingerprint density at radius 2 is 1.79 bits per heavy atom. The molecule has 0 heterocycles. The van der Waals surface area contributed by atoms with Crippen LogP contribution in [0.5, 0.6) is 0 Å². The van der Waals surface area contributed by atoms with Gasteiger partial charge in [-0.25, -0.2) is 0 Å². The van der Waals surface area contributed by atoms with Crippen molar-refractivity contribution in [1.82, 2.24) is 10.6 Å². The van der Waals surface area contributed by atoms with E-state index < -0.39 is 5.41 Å². The smallest absolute Gasteiger partial charge is 0.251 e. The summed E-state index contributed by atoms with van der Waals surface area (Å²) in [5.41, 5.74) is 6.51. The number of nitrogens with one attached hydrogen (secondary N) is 2. The van der Waals surface area contributed by atoms with E-state index in [-0.39, 0.29) is 11.8 Å². The van der Waals surface area contributed by atoms with Crippen LogP contribution in [0.25, 0.3) is 0 Å². The number of rotatable bonds is 5. The molecule has 0 aliphatic heterocycles. The van der Waals surface area contributed by atoms with Gasteiger partial charge in [-0.1, -0.05) is 12.1 Å². The van der Waals surface area contributed by atoms with Crippen LogP contribution in [0.3, 0.4) is 0 Å². The van der Waals surface area contributed by atoms with Gasteiger partial charge in [0.1, 0.15) is 0 Å². The molecule has 1 rings (SSSR count). The highest BCUT2D eigenvalue weighted by Crippen LogP contribution is 2.13. The van der Waals surface area contributed by atoms with E-state index in [4.69, 9.17) is 5.73 Å². The molecule has 19 heavy (non-hydrogen) atoms. The maximum Gasteiger partial charge on any atom is 0.251 e. The fourth-order valence-corrected chi connectivity index (χ4v) is 1.43. The van der Waals surface area contributed by atoms with Crippen LogP contribution >= 0.6 is 0 Å². The molecule has 0 radical (unpaired) electrons. The first-order valence-electron chi connectivity index (χ1n) is 6.20. The SMILES string of the molecule is CNC(=O)c1ccc(CNC(=O)C(C)(C)CN)cc1. The van der Waals surface area contributed by atoms with Gasteiger partial charge in [0, 0.05) is 25.7 Å². The van der Waals surface area contributed by atoms with Gasteiger partial charge in [0.2, 0.25) is 5.91 Å². The molecule has 0 aliphatic carbocycles. The van der Waals surface area contributed by atoms with Crippen molar-refractivity contribution in [2.45, 2.75) is 20.4 Å². The van der Waals surface area contributed by atoms with Gasteiger partial charge in [-0.2, -0.15) is 0 Å². The molecule has 0 aliphatic rings. The van der Waals surface area contributed by atoms with E-state index >= 15 is 0 Å². The fourth-order valence-electron chi connectivity index (χ4n) is 1.43. The molecule has 5 nitrogen and oxygen atoms in total.